The Balaban J connectivity index is 1.71. The van der Waals surface area contributed by atoms with Crippen LogP contribution < -0.4 is 0 Å². The minimum Gasteiger partial charge on any atom is -0.463 e. The minimum absolute atomic E-state index is 0.487. The Morgan fingerprint density at radius 1 is 1.20 bits per heavy atom. The quantitative estimate of drug-likeness (QED) is 0.536. The van der Waals surface area contributed by atoms with E-state index in [1.807, 2.05) is 47.8 Å². The zero-order chi connectivity index (χ0) is 17.1. The molecule has 0 spiro atoms. The van der Waals surface area contributed by atoms with Crippen molar-refractivity contribution in [3.8, 4) is 28.8 Å². The SMILES string of the molecule is N#C/C(=C\c1cn[nH]c1-c1ccccc1)c1nc(-c2ccco2)cs1. The molecular weight excluding hydrogens is 332 g/mol. The number of hydrogen-bond donors (Lipinski definition) is 1. The summed E-state index contributed by atoms with van der Waals surface area (Å²) in [5.41, 5.74) is 3.94. The fourth-order valence-corrected chi connectivity index (χ4v) is 3.25. The largest absolute Gasteiger partial charge is 0.463 e. The predicted octanol–water partition coefficient (Wildman–Crippen LogP) is 4.86. The Labute approximate surface area is 147 Å². The molecule has 0 atom stereocenters. The van der Waals surface area contributed by atoms with Gasteiger partial charge < -0.3 is 4.42 Å². The van der Waals surface area contributed by atoms with Gasteiger partial charge in [-0.15, -0.1) is 11.3 Å². The van der Waals surface area contributed by atoms with Crippen molar-refractivity contribution < 1.29 is 4.42 Å². The molecule has 6 heteroatoms. The molecule has 0 aliphatic heterocycles. The van der Waals surface area contributed by atoms with Gasteiger partial charge in [0.25, 0.3) is 0 Å². The molecule has 3 aromatic heterocycles. The number of furan rings is 1. The molecule has 4 aromatic rings. The number of hydrogen-bond acceptors (Lipinski definition) is 5. The average Bonchev–Trinajstić information content (AvgIpc) is 3.41. The van der Waals surface area contributed by atoms with Crippen LogP contribution in [0, 0.1) is 11.3 Å². The average molecular weight is 344 g/mol. The van der Waals surface area contributed by atoms with E-state index in [9.17, 15) is 5.26 Å². The molecule has 25 heavy (non-hydrogen) atoms. The number of rotatable bonds is 4. The standard InChI is InChI=1S/C19H12N4OS/c20-10-14(19-22-16(12-25-19)17-7-4-8-24-17)9-15-11-21-23-18(15)13-5-2-1-3-6-13/h1-9,11-12H,(H,21,23)/b14-9+. The van der Waals surface area contributed by atoms with Gasteiger partial charge in [-0.1, -0.05) is 30.3 Å². The molecule has 0 bridgehead atoms. The van der Waals surface area contributed by atoms with Gasteiger partial charge in [-0.25, -0.2) is 4.98 Å². The highest BCUT2D eigenvalue weighted by atomic mass is 32.1. The summed E-state index contributed by atoms with van der Waals surface area (Å²) < 4.78 is 5.36. The normalized spacial score (nSPS) is 11.4. The van der Waals surface area contributed by atoms with Gasteiger partial charge in [0.1, 0.15) is 16.8 Å². The van der Waals surface area contributed by atoms with Crippen molar-refractivity contribution in [1.82, 2.24) is 15.2 Å². The summed E-state index contributed by atoms with van der Waals surface area (Å²) in [5.74, 6) is 0.688. The minimum atomic E-state index is 0.487. The summed E-state index contributed by atoms with van der Waals surface area (Å²) >= 11 is 1.41. The molecule has 3 heterocycles. The van der Waals surface area contributed by atoms with Crippen LogP contribution in [-0.4, -0.2) is 15.2 Å². The van der Waals surface area contributed by atoms with E-state index in [0.29, 0.717) is 16.3 Å². The van der Waals surface area contributed by atoms with Gasteiger partial charge in [0.15, 0.2) is 5.76 Å². The second-order valence-corrected chi connectivity index (χ2v) is 6.11. The Morgan fingerprint density at radius 3 is 2.84 bits per heavy atom. The highest BCUT2D eigenvalue weighted by Gasteiger charge is 2.12. The maximum absolute atomic E-state index is 9.57. The van der Waals surface area contributed by atoms with Crippen molar-refractivity contribution in [1.29, 1.82) is 5.26 Å². The predicted molar refractivity (Wildman–Crippen MR) is 97.3 cm³/mol. The number of allylic oxidation sites excluding steroid dienone is 1. The molecule has 0 amide bonds. The summed E-state index contributed by atoms with van der Waals surface area (Å²) in [6.07, 6.45) is 5.12. The monoisotopic (exact) mass is 344 g/mol. The molecule has 0 radical (unpaired) electrons. The van der Waals surface area contributed by atoms with Gasteiger partial charge in [0, 0.05) is 16.5 Å². The van der Waals surface area contributed by atoms with E-state index in [1.54, 1.807) is 18.5 Å². The van der Waals surface area contributed by atoms with E-state index in [2.05, 4.69) is 21.3 Å². The lowest BCUT2D eigenvalue weighted by atomic mass is 10.1. The Morgan fingerprint density at radius 2 is 2.08 bits per heavy atom. The third kappa shape index (κ3) is 3.01. The van der Waals surface area contributed by atoms with E-state index < -0.39 is 0 Å². The van der Waals surface area contributed by atoms with Gasteiger partial charge in [0.2, 0.25) is 0 Å². The van der Waals surface area contributed by atoms with E-state index in [1.165, 1.54) is 11.3 Å². The van der Waals surface area contributed by atoms with E-state index in [-0.39, 0.29) is 0 Å². The topological polar surface area (TPSA) is 78.5 Å². The molecule has 0 fully saturated rings. The molecule has 1 aromatic carbocycles. The second kappa shape index (κ2) is 6.59. The number of nitrogens with one attached hydrogen (secondary N) is 1. The van der Waals surface area contributed by atoms with Crippen LogP contribution in [0.15, 0.2) is 64.7 Å². The van der Waals surface area contributed by atoms with E-state index >= 15 is 0 Å². The van der Waals surface area contributed by atoms with Crippen LogP contribution in [0.3, 0.4) is 0 Å². The summed E-state index contributed by atoms with van der Waals surface area (Å²) in [5, 5.41) is 19.2. The summed E-state index contributed by atoms with van der Waals surface area (Å²) in [6.45, 7) is 0. The number of aromatic amines is 1. The Kier molecular flexibility index (Phi) is 3.99. The maximum atomic E-state index is 9.57. The van der Waals surface area contributed by atoms with Crippen LogP contribution in [0.25, 0.3) is 34.4 Å². The molecular formula is C19H12N4OS. The van der Waals surface area contributed by atoms with Crippen LogP contribution in [0.4, 0.5) is 0 Å². The van der Waals surface area contributed by atoms with Crippen LogP contribution in [-0.2, 0) is 0 Å². The zero-order valence-electron chi connectivity index (χ0n) is 13.0. The molecule has 0 aliphatic rings. The highest BCUT2D eigenvalue weighted by molar-refractivity contribution is 7.11. The van der Waals surface area contributed by atoms with Crippen molar-refractivity contribution >= 4 is 23.0 Å². The lowest BCUT2D eigenvalue weighted by Crippen LogP contribution is -1.84. The fraction of sp³-hybridized carbons (Fsp3) is 0. The number of thiazole rings is 1. The van der Waals surface area contributed by atoms with Gasteiger partial charge >= 0.3 is 0 Å². The number of benzene rings is 1. The summed E-state index contributed by atoms with van der Waals surface area (Å²) in [6, 6.07) is 15.8. The first-order valence-electron chi connectivity index (χ1n) is 7.55. The van der Waals surface area contributed by atoms with Gasteiger partial charge in [-0.2, -0.15) is 10.4 Å². The number of aromatic nitrogens is 3. The molecule has 1 N–H and O–H groups in total. The van der Waals surface area contributed by atoms with E-state index in [0.717, 1.165) is 22.5 Å². The maximum Gasteiger partial charge on any atom is 0.153 e. The highest BCUT2D eigenvalue weighted by Crippen LogP contribution is 2.29. The molecule has 0 aliphatic carbocycles. The van der Waals surface area contributed by atoms with Crippen LogP contribution >= 0.6 is 11.3 Å². The van der Waals surface area contributed by atoms with Crippen molar-refractivity contribution in [3.05, 3.63) is 70.9 Å². The third-order valence-electron chi connectivity index (χ3n) is 3.66. The first kappa shape index (κ1) is 15.1. The van der Waals surface area contributed by atoms with Gasteiger partial charge in [-0.3, -0.25) is 5.10 Å². The van der Waals surface area contributed by atoms with Crippen LogP contribution in [0.2, 0.25) is 0 Å². The molecule has 0 saturated carbocycles. The van der Waals surface area contributed by atoms with Crippen molar-refractivity contribution in [2.75, 3.05) is 0 Å². The van der Waals surface area contributed by atoms with Gasteiger partial charge in [0.05, 0.1) is 23.7 Å². The fourth-order valence-electron chi connectivity index (χ4n) is 2.47. The smallest absolute Gasteiger partial charge is 0.153 e. The molecule has 0 unspecified atom stereocenters. The van der Waals surface area contributed by atoms with Crippen LogP contribution in [0.1, 0.15) is 10.6 Å². The first-order valence-corrected chi connectivity index (χ1v) is 8.43. The molecule has 5 nitrogen and oxygen atoms in total. The van der Waals surface area contributed by atoms with Gasteiger partial charge in [-0.05, 0) is 18.2 Å². The molecule has 0 saturated heterocycles. The van der Waals surface area contributed by atoms with E-state index in [4.69, 9.17) is 4.42 Å². The zero-order valence-corrected chi connectivity index (χ0v) is 13.8. The van der Waals surface area contributed by atoms with Crippen LogP contribution in [0.5, 0.6) is 0 Å². The van der Waals surface area contributed by atoms with Crippen molar-refractivity contribution in [2.45, 2.75) is 0 Å². The lowest BCUT2D eigenvalue weighted by Gasteiger charge is -2.00. The summed E-state index contributed by atoms with van der Waals surface area (Å²) in [4.78, 5) is 4.51. The van der Waals surface area contributed by atoms with Crippen molar-refractivity contribution in [2.24, 2.45) is 0 Å². The summed E-state index contributed by atoms with van der Waals surface area (Å²) in [7, 11) is 0. The Bertz CT molecular complexity index is 1050. The molecule has 120 valence electrons. The third-order valence-corrected chi connectivity index (χ3v) is 4.54. The number of nitriles is 1. The lowest BCUT2D eigenvalue weighted by molar-refractivity contribution is 0.580. The first-order chi connectivity index (χ1) is 12.3. The number of H-pyrrole nitrogens is 1. The second-order valence-electron chi connectivity index (χ2n) is 5.25. The van der Waals surface area contributed by atoms with Crippen molar-refractivity contribution in [3.63, 3.8) is 0 Å². The Hall–Kier alpha value is -3.43. The molecule has 4 rings (SSSR count). The number of nitrogens with zero attached hydrogens (tertiary/aromatic N) is 3.